The van der Waals surface area contributed by atoms with Crippen molar-refractivity contribution < 1.29 is 9.59 Å². The molecule has 1 aliphatic rings. The molecule has 0 atom stereocenters. The largest absolute Gasteiger partial charge is 0.300 e. The molecule has 2 heterocycles. The fourth-order valence-corrected chi connectivity index (χ4v) is 2.59. The minimum absolute atomic E-state index is 0.371. The van der Waals surface area contributed by atoms with Crippen molar-refractivity contribution in [3.8, 4) is 0 Å². The van der Waals surface area contributed by atoms with Gasteiger partial charge in [0, 0.05) is 12.4 Å². The van der Waals surface area contributed by atoms with Gasteiger partial charge in [0.15, 0.2) is 0 Å². The highest BCUT2D eigenvalue weighted by Crippen LogP contribution is 2.35. The first-order chi connectivity index (χ1) is 9.59. The molecule has 0 saturated heterocycles. The molecule has 1 aromatic carbocycles. The lowest BCUT2D eigenvalue weighted by atomic mass is 10.0. The first-order valence-electron chi connectivity index (χ1n) is 6.45. The topological polar surface area (TPSA) is 50.3 Å². The van der Waals surface area contributed by atoms with Crippen LogP contribution in [0.5, 0.6) is 0 Å². The number of rotatable bonds is 2. The number of benzene rings is 1. The Hall–Kier alpha value is -2.49. The van der Waals surface area contributed by atoms with Crippen molar-refractivity contribution in [3.05, 3.63) is 58.9 Å². The Morgan fingerprint density at radius 1 is 1.10 bits per heavy atom. The Morgan fingerprint density at radius 3 is 2.55 bits per heavy atom. The highest BCUT2D eigenvalue weighted by Gasteiger charge is 2.37. The summed E-state index contributed by atoms with van der Waals surface area (Å²) < 4.78 is 0. The van der Waals surface area contributed by atoms with E-state index in [1.807, 2.05) is 38.1 Å². The zero-order valence-corrected chi connectivity index (χ0v) is 11.4. The molecule has 0 aliphatic carbocycles. The summed E-state index contributed by atoms with van der Waals surface area (Å²) >= 11 is 0. The number of hydrogen-bond donors (Lipinski definition) is 0. The summed E-state index contributed by atoms with van der Waals surface area (Å²) in [7, 11) is 0. The molecule has 0 N–H and O–H groups in total. The fraction of sp³-hybridized carbons (Fsp3) is 0.188. The van der Waals surface area contributed by atoms with Crippen molar-refractivity contribution in [2.45, 2.75) is 20.4 Å². The minimum Gasteiger partial charge on any atom is -0.300 e. The third kappa shape index (κ3) is 1.81. The maximum atomic E-state index is 12.2. The monoisotopic (exact) mass is 266 g/mol. The number of ketones is 1. The summed E-state index contributed by atoms with van der Waals surface area (Å²) in [5.74, 6) is -0.869. The first kappa shape index (κ1) is 12.5. The number of anilines is 1. The molecule has 0 spiro atoms. The van der Waals surface area contributed by atoms with E-state index < -0.39 is 11.7 Å². The van der Waals surface area contributed by atoms with Gasteiger partial charge >= 0.3 is 0 Å². The number of aromatic nitrogens is 1. The summed E-state index contributed by atoms with van der Waals surface area (Å²) in [6, 6.07) is 7.54. The van der Waals surface area contributed by atoms with E-state index in [0.717, 1.165) is 22.4 Å². The fourth-order valence-electron chi connectivity index (χ4n) is 2.59. The molecule has 100 valence electrons. The molecule has 2 aromatic rings. The van der Waals surface area contributed by atoms with Gasteiger partial charge < -0.3 is 0 Å². The van der Waals surface area contributed by atoms with Crippen LogP contribution >= 0.6 is 0 Å². The van der Waals surface area contributed by atoms with Crippen molar-refractivity contribution in [2.24, 2.45) is 0 Å². The standard InChI is InChI=1S/C16H14N2O2/c1-10-5-6-11(2)14-13(10)15(19)16(20)18(14)9-12-4-3-7-17-8-12/h3-8H,9H2,1-2H3. The number of hydrogen-bond acceptors (Lipinski definition) is 3. The number of nitrogens with zero attached hydrogens (tertiary/aromatic N) is 2. The lowest BCUT2D eigenvalue weighted by Crippen LogP contribution is -2.29. The van der Waals surface area contributed by atoms with Crippen LogP contribution in [0.4, 0.5) is 5.69 Å². The van der Waals surface area contributed by atoms with Gasteiger partial charge in [-0.15, -0.1) is 0 Å². The number of carbonyl (C=O) groups is 2. The molecule has 4 heteroatoms. The Bertz CT molecular complexity index is 708. The van der Waals surface area contributed by atoms with E-state index >= 15 is 0 Å². The predicted octanol–water partition coefficient (Wildman–Crippen LogP) is 2.43. The van der Waals surface area contributed by atoms with Gasteiger partial charge in [-0.3, -0.25) is 19.5 Å². The number of carbonyl (C=O) groups excluding carboxylic acids is 2. The van der Waals surface area contributed by atoms with Crippen molar-refractivity contribution in [2.75, 3.05) is 4.90 Å². The summed E-state index contributed by atoms with van der Waals surface area (Å²) in [6.07, 6.45) is 3.39. The molecule has 0 bridgehead atoms. The average molecular weight is 266 g/mol. The van der Waals surface area contributed by atoms with Gasteiger partial charge in [0.1, 0.15) is 0 Å². The SMILES string of the molecule is Cc1ccc(C)c2c1C(=O)C(=O)N2Cc1cccnc1. The molecule has 20 heavy (non-hydrogen) atoms. The molecule has 0 unspecified atom stereocenters. The van der Waals surface area contributed by atoms with Crippen molar-refractivity contribution in [1.82, 2.24) is 4.98 Å². The van der Waals surface area contributed by atoms with E-state index in [0.29, 0.717) is 12.1 Å². The van der Waals surface area contributed by atoms with Crippen LogP contribution in [0.1, 0.15) is 27.0 Å². The Morgan fingerprint density at radius 2 is 1.85 bits per heavy atom. The van der Waals surface area contributed by atoms with Gasteiger partial charge in [0.25, 0.3) is 11.7 Å². The van der Waals surface area contributed by atoms with E-state index in [-0.39, 0.29) is 0 Å². The summed E-state index contributed by atoms with van der Waals surface area (Å²) in [5.41, 5.74) is 3.97. The maximum absolute atomic E-state index is 12.2. The van der Waals surface area contributed by atoms with E-state index in [2.05, 4.69) is 4.98 Å². The normalized spacial score (nSPS) is 13.8. The zero-order chi connectivity index (χ0) is 14.3. The summed E-state index contributed by atoms with van der Waals surface area (Å²) in [5, 5.41) is 0. The van der Waals surface area contributed by atoms with Crippen LogP contribution in [-0.2, 0) is 11.3 Å². The molecule has 1 aliphatic heterocycles. The summed E-state index contributed by atoms with van der Waals surface area (Å²) in [4.78, 5) is 30.0. The number of aryl methyl sites for hydroxylation is 2. The Balaban J connectivity index is 2.09. The molecular formula is C16H14N2O2. The van der Waals surface area contributed by atoms with Crippen LogP contribution in [0.25, 0.3) is 0 Å². The van der Waals surface area contributed by atoms with Gasteiger partial charge in [-0.1, -0.05) is 18.2 Å². The van der Waals surface area contributed by atoms with Crippen LogP contribution in [0.15, 0.2) is 36.7 Å². The summed E-state index contributed by atoms with van der Waals surface area (Å²) in [6.45, 7) is 4.15. The molecule has 0 saturated carbocycles. The van der Waals surface area contributed by atoms with Gasteiger partial charge in [0.2, 0.25) is 0 Å². The third-order valence-corrected chi connectivity index (χ3v) is 3.59. The highest BCUT2D eigenvalue weighted by atomic mass is 16.2. The number of pyridine rings is 1. The van der Waals surface area contributed by atoms with Crippen molar-refractivity contribution in [1.29, 1.82) is 0 Å². The molecular weight excluding hydrogens is 252 g/mol. The molecule has 1 aromatic heterocycles. The smallest absolute Gasteiger partial charge is 0.299 e. The number of fused-ring (bicyclic) bond motifs is 1. The quantitative estimate of drug-likeness (QED) is 0.784. The molecule has 0 fully saturated rings. The van der Waals surface area contributed by atoms with Crippen LogP contribution in [0.3, 0.4) is 0 Å². The first-order valence-corrected chi connectivity index (χ1v) is 6.45. The van der Waals surface area contributed by atoms with E-state index in [1.54, 1.807) is 17.3 Å². The molecule has 0 radical (unpaired) electrons. The van der Waals surface area contributed by atoms with Crippen LogP contribution < -0.4 is 4.90 Å². The van der Waals surface area contributed by atoms with Crippen LogP contribution in [-0.4, -0.2) is 16.7 Å². The second-order valence-electron chi connectivity index (χ2n) is 5.00. The van der Waals surface area contributed by atoms with Crippen LogP contribution in [0.2, 0.25) is 0 Å². The van der Waals surface area contributed by atoms with Gasteiger partial charge in [0.05, 0.1) is 17.8 Å². The van der Waals surface area contributed by atoms with Crippen molar-refractivity contribution in [3.63, 3.8) is 0 Å². The average Bonchev–Trinajstić information content (AvgIpc) is 2.70. The highest BCUT2D eigenvalue weighted by molar-refractivity contribution is 6.52. The van der Waals surface area contributed by atoms with Gasteiger partial charge in [-0.05, 0) is 36.6 Å². The van der Waals surface area contributed by atoms with Gasteiger partial charge in [-0.2, -0.15) is 0 Å². The number of Topliss-reactive ketones (excluding diaryl/α,β-unsaturated/α-hetero) is 1. The predicted molar refractivity (Wildman–Crippen MR) is 75.7 cm³/mol. The minimum atomic E-state index is -0.457. The van der Waals surface area contributed by atoms with E-state index in [9.17, 15) is 9.59 Å². The molecule has 4 nitrogen and oxygen atoms in total. The second-order valence-corrected chi connectivity index (χ2v) is 5.00. The zero-order valence-electron chi connectivity index (χ0n) is 11.4. The second kappa shape index (κ2) is 4.56. The third-order valence-electron chi connectivity index (χ3n) is 3.59. The molecule has 3 rings (SSSR count). The van der Waals surface area contributed by atoms with Gasteiger partial charge in [-0.25, -0.2) is 0 Å². The van der Waals surface area contributed by atoms with Crippen LogP contribution in [0, 0.1) is 13.8 Å². The van der Waals surface area contributed by atoms with E-state index in [4.69, 9.17) is 0 Å². The Kier molecular flexibility index (Phi) is 2.86. The maximum Gasteiger partial charge on any atom is 0.299 e. The number of amides is 1. The van der Waals surface area contributed by atoms with E-state index in [1.165, 1.54) is 0 Å². The lowest BCUT2D eigenvalue weighted by molar-refractivity contribution is -0.114. The van der Waals surface area contributed by atoms with Crippen molar-refractivity contribution >= 4 is 17.4 Å². The Labute approximate surface area is 117 Å². The lowest BCUT2D eigenvalue weighted by Gasteiger charge is -2.18. The molecule has 1 amide bonds.